The van der Waals surface area contributed by atoms with E-state index in [1.54, 1.807) is 31.2 Å². The fourth-order valence-electron chi connectivity index (χ4n) is 2.02. The number of Topliss-reactive ketones (excluding diaryl/α,β-unsaturated/α-hetero) is 1. The van der Waals surface area contributed by atoms with E-state index in [0.29, 0.717) is 16.8 Å². The molecule has 2 aromatic rings. The minimum atomic E-state index is -1.15. The molecule has 0 aliphatic heterocycles. The van der Waals surface area contributed by atoms with E-state index < -0.39 is 4.87 Å². The number of halogens is 1. The second-order valence-corrected chi connectivity index (χ2v) is 5.54. The summed E-state index contributed by atoms with van der Waals surface area (Å²) in [4.78, 5) is 11.4. The van der Waals surface area contributed by atoms with Crippen molar-refractivity contribution >= 4 is 23.1 Å². The first-order valence-corrected chi connectivity index (χ1v) is 6.46. The van der Waals surface area contributed by atoms with Crippen molar-refractivity contribution in [3.8, 4) is 0 Å². The van der Waals surface area contributed by atoms with Crippen LogP contribution in [0.25, 0.3) is 0 Å². The summed E-state index contributed by atoms with van der Waals surface area (Å²) in [6, 6.07) is 14.6. The summed E-state index contributed by atoms with van der Waals surface area (Å²) in [5, 5.41) is 0. The number of carbonyl (C=O) groups excluding carboxylic acids is 1. The Hall–Kier alpha value is -1.80. The number of anilines is 1. The molecule has 0 aliphatic rings. The maximum Gasteiger partial charge on any atom is 0.188 e. The summed E-state index contributed by atoms with van der Waals surface area (Å²) in [6.07, 6.45) is 0. The first kappa shape index (κ1) is 13.6. The quantitative estimate of drug-likeness (QED) is 0.523. The summed E-state index contributed by atoms with van der Waals surface area (Å²) >= 11 is 6.46. The van der Waals surface area contributed by atoms with Crippen LogP contribution in [0.4, 0.5) is 5.69 Å². The number of para-hydroxylation sites is 1. The Morgan fingerprint density at radius 3 is 2.26 bits per heavy atom. The van der Waals surface area contributed by atoms with Crippen molar-refractivity contribution in [2.24, 2.45) is 0 Å². The van der Waals surface area contributed by atoms with Gasteiger partial charge in [-0.15, -0.1) is 11.6 Å². The van der Waals surface area contributed by atoms with Crippen LogP contribution in [0, 0.1) is 6.92 Å². The lowest BCUT2D eigenvalue weighted by Crippen LogP contribution is -2.27. The predicted octanol–water partition coefficient (Wildman–Crippen LogP) is 3.91. The van der Waals surface area contributed by atoms with Gasteiger partial charge in [0.05, 0.1) is 0 Å². The van der Waals surface area contributed by atoms with Gasteiger partial charge in [-0.25, -0.2) is 0 Å². The monoisotopic (exact) mass is 273 g/mol. The van der Waals surface area contributed by atoms with E-state index in [-0.39, 0.29) is 5.78 Å². The van der Waals surface area contributed by atoms with Crippen LogP contribution in [0.5, 0.6) is 0 Å². The minimum Gasteiger partial charge on any atom is -0.398 e. The Morgan fingerprint density at radius 2 is 1.68 bits per heavy atom. The number of aryl methyl sites for hydroxylation is 1. The molecule has 0 spiro atoms. The van der Waals surface area contributed by atoms with E-state index in [4.69, 9.17) is 17.3 Å². The van der Waals surface area contributed by atoms with E-state index in [9.17, 15) is 4.79 Å². The Balaban J connectivity index is 2.42. The summed E-state index contributed by atoms with van der Waals surface area (Å²) in [7, 11) is 0. The number of nitrogens with two attached hydrogens (primary N) is 1. The molecule has 19 heavy (non-hydrogen) atoms. The van der Waals surface area contributed by atoms with Gasteiger partial charge in [0.25, 0.3) is 0 Å². The first-order chi connectivity index (χ1) is 8.93. The van der Waals surface area contributed by atoms with Crippen molar-refractivity contribution in [1.82, 2.24) is 0 Å². The molecule has 3 heteroatoms. The molecule has 2 rings (SSSR count). The van der Waals surface area contributed by atoms with Gasteiger partial charge in [0, 0.05) is 16.8 Å². The van der Waals surface area contributed by atoms with Crippen LogP contribution in [0.2, 0.25) is 0 Å². The van der Waals surface area contributed by atoms with Crippen LogP contribution in [-0.4, -0.2) is 5.78 Å². The van der Waals surface area contributed by atoms with Crippen LogP contribution >= 0.6 is 11.6 Å². The second-order valence-electron chi connectivity index (χ2n) is 4.79. The molecule has 0 aromatic heterocycles. The zero-order valence-corrected chi connectivity index (χ0v) is 11.7. The minimum absolute atomic E-state index is 0.146. The smallest absolute Gasteiger partial charge is 0.188 e. The van der Waals surface area contributed by atoms with Crippen molar-refractivity contribution in [3.63, 3.8) is 0 Å². The van der Waals surface area contributed by atoms with Gasteiger partial charge < -0.3 is 5.73 Å². The van der Waals surface area contributed by atoms with Gasteiger partial charge >= 0.3 is 0 Å². The van der Waals surface area contributed by atoms with Crippen molar-refractivity contribution in [2.75, 3.05) is 5.73 Å². The molecule has 0 amide bonds. The third-order valence-electron chi connectivity index (χ3n) is 3.21. The second kappa shape index (κ2) is 5.06. The highest BCUT2D eigenvalue weighted by Gasteiger charge is 2.34. The molecule has 1 atom stereocenters. The van der Waals surface area contributed by atoms with Gasteiger partial charge in [-0.3, -0.25) is 4.79 Å². The van der Waals surface area contributed by atoms with Crippen LogP contribution < -0.4 is 5.73 Å². The van der Waals surface area contributed by atoms with E-state index in [2.05, 4.69) is 0 Å². The first-order valence-electron chi connectivity index (χ1n) is 6.08. The third-order valence-corrected chi connectivity index (χ3v) is 3.58. The molecule has 2 aromatic carbocycles. The lowest BCUT2D eigenvalue weighted by atomic mass is 9.90. The molecule has 98 valence electrons. The fraction of sp³-hybridized carbons (Fsp3) is 0.188. The average molecular weight is 274 g/mol. The van der Waals surface area contributed by atoms with Crippen LogP contribution in [-0.2, 0) is 4.87 Å². The van der Waals surface area contributed by atoms with Crippen LogP contribution in [0.3, 0.4) is 0 Å². The van der Waals surface area contributed by atoms with Crippen molar-refractivity contribution in [3.05, 3.63) is 65.2 Å². The van der Waals surface area contributed by atoms with E-state index >= 15 is 0 Å². The molecule has 0 bridgehead atoms. The Labute approximate surface area is 118 Å². The maximum atomic E-state index is 12.5. The van der Waals surface area contributed by atoms with E-state index in [1.165, 1.54) is 0 Å². The Morgan fingerprint density at radius 1 is 1.11 bits per heavy atom. The average Bonchev–Trinajstić information content (AvgIpc) is 2.39. The van der Waals surface area contributed by atoms with Gasteiger partial charge in [0.1, 0.15) is 4.87 Å². The van der Waals surface area contributed by atoms with E-state index in [1.807, 2.05) is 31.2 Å². The molecule has 0 radical (unpaired) electrons. The molecular weight excluding hydrogens is 258 g/mol. The van der Waals surface area contributed by atoms with Gasteiger partial charge in [-0.1, -0.05) is 48.0 Å². The molecule has 0 heterocycles. The standard InChI is InChI=1S/C16H16ClNO/c1-11-7-9-12(10-8-11)15(19)16(2,17)13-5-3-4-6-14(13)18/h3-10H,18H2,1-2H3. The lowest BCUT2D eigenvalue weighted by molar-refractivity contribution is 0.0946. The normalized spacial score (nSPS) is 13.8. The van der Waals surface area contributed by atoms with Gasteiger partial charge in [0.15, 0.2) is 5.78 Å². The van der Waals surface area contributed by atoms with Crippen LogP contribution in [0.15, 0.2) is 48.5 Å². The van der Waals surface area contributed by atoms with Crippen molar-refractivity contribution < 1.29 is 4.79 Å². The number of rotatable bonds is 3. The Kier molecular flexibility index (Phi) is 3.63. The number of benzene rings is 2. The van der Waals surface area contributed by atoms with Gasteiger partial charge in [-0.2, -0.15) is 0 Å². The SMILES string of the molecule is Cc1ccc(C(=O)C(C)(Cl)c2ccccc2N)cc1. The molecule has 2 nitrogen and oxygen atoms in total. The Bertz CT molecular complexity index is 602. The number of carbonyl (C=O) groups is 1. The molecule has 0 aliphatic carbocycles. The maximum absolute atomic E-state index is 12.5. The molecule has 0 saturated heterocycles. The van der Waals surface area contributed by atoms with Gasteiger partial charge in [-0.05, 0) is 19.9 Å². The van der Waals surface area contributed by atoms with Crippen molar-refractivity contribution in [1.29, 1.82) is 0 Å². The van der Waals surface area contributed by atoms with Crippen molar-refractivity contribution in [2.45, 2.75) is 18.7 Å². The molecular formula is C16H16ClNO. The predicted molar refractivity (Wildman–Crippen MR) is 79.6 cm³/mol. The van der Waals surface area contributed by atoms with Crippen LogP contribution in [0.1, 0.15) is 28.4 Å². The number of nitrogen functional groups attached to an aromatic ring is 1. The fourth-order valence-corrected chi connectivity index (χ4v) is 2.30. The lowest BCUT2D eigenvalue weighted by Gasteiger charge is -2.22. The van der Waals surface area contributed by atoms with E-state index in [0.717, 1.165) is 5.56 Å². The topological polar surface area (TPSA) is 43.1 Å². The number of hydrogen-bond donors (Lipinski definition) is 1. The molecule has 2 N–H and O–H groups in total. The molecule has 1 unspecified atom stereocenters. The zero-order chi connectivity index (χ0) is 14.0. The zero-order valence-electron chi connectivity index (χ0n) is 11.0. The third kappa shape index (κ3) is 2.64. The highest BCUT2D eigenvalue weighted by atomic mass is 35.5. The van der Waals surface area contributed by atoms with Gasteiger partial charge in [0.2, 0.25) is 0 Å². The number of hydrogen-bond acceptors (Lipinski definition) is 2. The summed E-state index contributed by atoms with van der Waals surface area (Å²) in [6.45, 7) is 3.66. The summed E-state index contributed by atoms with van der Waals surface area (Å²) in [5.41, 5.74) is 8.77. The summed E-state index contributed by atoms with van der Waals surface area (Å²) in [5.74, 6) is -0.146. The summed E-state index contributed by atoms with van der Waals surface area (Å²) < 4.78 is 0. The molecule has 0 saturated carbocycles. The highest BCUT2D eigenvalue weighted by Crippen LogP contribution is 2.35. The molecule has 0 fully saturated rings. The number of ketones is 1. The number of alkyl halides is 1. The largest absolute Gasteiger partial charge is 0.398 e. The highest BCUT2D eigenvalue weighted by molar-refractivity contribution is 6.37.